The summed E-state index contributed by atoms with van der Waals surface area (Å²) in [7, 11) is 0. The van der Waals surface area contributed by atoms with E-state index in [2.05, 4.69) is 5.32 Å². The Balaban J connectivity index is 2.19. The van der Waals surface area contributed by atoms with Gasteiger partial charge in [-0.05, 0) is 69.5 Å². The monoisotopic (exact) mass is 341 g/mol. The number of rotatable bonds is 7. The summed E-state index contributed by atoms with van der Waals surface area (Å²) in [6.07, 6.45) is 0. The van der Waals surface area contributed by atoms with Gasteiger partial charge in [-0.15, -0.1) is 0 Å². The van der Waals surface area contributed by atoms with Crippen LogP contribution in [-0.2, 0) is 0 Å². The standard InChI is InChI=1S/C21H27NO3/c1-6-24-19-12-11-17(13-20(19)25-7-2)16(5)22-21(23)18-10-8-9-14(3)15(18)4/h8-13,16H,6-7H2,1-5H3,(H,22,23). The predicted molar refractivity (Wildman–Crippen MR) is 101 cm³/mol. The molecule has 4 heteroatoms. The summed E-state index contributed by atoms with van der Waals surface area (Å²) in [6.45, 7) is 11.0. The first-order chi connectivity index (χ1) is 12.0. The van der Waals surface area contributed by atoms with Crippen molar-refractivity contribution >= 4 is 5.91 Å². The van der Waals surface area contributed by atoms with Crippen molar-refractivity contribution < 1.29 is 14.3 Å². The quantitative estimate of drug-likeness (QED) is 0.801. The minimum Gasteiger partial charge on any atom is -0.490 e. The van der Waals surface area contributed by atoms with Crippen LogP contribution >= 0.6 is 0 Å². The van der Waals surface area contributed by atoms with E-state index in [-0.39, 0.29) is 11.9 Å². The molecular formula is C21H27NO3. The van der Waals surface area contributed by atoms with Crippen LogP contribution < -0.4 is 14.8 Å². The van der Waals surface area contributed by atoms with Crippen LogP contribution in [0.15, 0.2) is 36.4 Å². The Morgan fingerprint density at radius 2 is 1.72 bits per heavy atom. The van der Waals surface area contributed by atoms with Crippen molar-refractivity contribution in [3.8, 4) is 11.5 Å². The summed E-state index contributed by atoms with van der Waals surface area (Å²) in [5, 5.41) is 3.07. The van der Waals surface area contributed by atoms with Crippen molar-refractivity contribution in [3.63, 3.8) is 0 Å². The van der Waals surface area contributed by atoms with Crippen LogP contribution in [0.3, 0.4) is 0 Å². The Kier molecular flexibility index (Phi) is 6.45. The number of carbonyl (C=O) groups excluding carboxylic acids is 1. The smallest absolute Gasteiger partial charge is 0.252 e. The molecule has 0 aliphatic rings. The Morgan fingerprint density at radius 1 is 1.04 bits per heavy atom. The lowest BCUT2D eigenvalue weighted by Crippen LogP contribution is -2.27. The fourth-order valence-corrected chi connectivity index (χ4v) is 2.69. The maximum Gasteiger partial charge on any atom is 0.252 e. The maximum absolute atomic E-state index is 12.6. The van der Waals surface area contributed by atoms with Crippen LogP contribution in [0, 0.1) is 13.8 Å². The Labute approximate surface area is 150 Å². The lowest BCUT2D eigenvalue weighted by molar-refractivity contribution is 0.0939. The van der Waals surface area contributed by atoms with E-state index in [1.54, 1.807) is 0 Å². The Morgan fingerprint density at radius 3 is 2.40 bits per heavy atom. The van der Waals surface area contributed by atoms with Gasteiger partial charge in [0.1, 0.15) is 0 Å². The number of benzene rings is 2. The normalized spacial score (nSPS) is 11.7. The van der Waals surface area contributed by atoms with Crippen molar-refractivity contribution in [3.05, 3.63) is 58.7 Å². The summed E-state index contributed by atoms with van der Waals surface area (Å²) in [6, 6.07) is 11.4. The van der Waals surface area contributed by atoms with E-state index in [0.717, 1.165) is 22.4 Å². The average Bonchev–Trinajstić information content (AvgIpc) is 2.59. The van der Waals surface area contributed by atoms with Gasteiger partial charge < -0.3 is 14.8 Å². The van der Waals surface area contributed by atoms with Crippen LogP contribution in [0.4, 0.5) is 0 Å². The van der Waals surface area contributed by atoms with Crippen LogP contribution in [0.1, 0.15) is 53.9 Å². The van der Waals surface area contributed by atoms with Crippen LogP contribution in [0.25, 0.3) is 0 Å². The van der Waals surface area contributed by atoms with Gasteiger partial charge in [-0.25, -0.2) is 0 Å². The molecule has 2 aromatic rings. The van der Waals surface area contributed by atoms with E-state index in [0.29, 0.717) is 24.5 Å². The molecule has 1 amide bonds. The van der Waals surface area contributed by atoms with Crippen molar-refractivity contribution in [2.45, 2.75) is 40.7 Å². The number of aryl methyl sites for hydroxylation is 1. The summed E-state index contributed by atoms with van der Waals surface area (Å²) >= 11 is 0. The third-order valence-corrected chi connectivity index (χ3v) is 4.26. The first kappa shape index (κ1) is 18.8. The summed E-state index contributed by atoms with van der Waals surface area (Å²) in [5.41, 5.74) is 3.81. The average molecular weight is 341 g/mol. The maximum atomic E-state index is 12.6. The second-order valence-electron chi connectivity index (χ2n) is 6.01. The highest BCUT2D eigenvalue weighted by atomic mass is 16.5. The minimum absolute atomic E-state index is 0.0689. The van der Waals surface area contributed by atoms with Crippen LogP contribution in [0.5, 0.6) is 11.5 Å². The molecule has 0 spiro atoms. The number of carbonyl (C=O) groups is 1. The van der Waals surface area contributed by atoms with Crippen molar-refractivity contribution in [1.29, 1.82) is 0 Å². The lowest BCUT2D eigenvalue weighted by Gasteiger charge is -2.18. The van der Waals surface area contributed by atoms with Gasteiger partial charge in [0, 0.05) is 5.56 Å². The SMILES string of the molecule is CCOc1ccc(C(C)NC(=O)c2cccc(C)c2C)cc1OCC. The predicted octanol–water partition coefficient (Wildman–Crippen LogP) is 4.59. The third-order valence-electron chi connectivity index (χ3n) is 4.26. The van der Waals surface area contributed by atoms with Gasteiger partial charge in [0.15, 0.2) is 11.5 Å². The van der Waals surface area contributed by atoms with Crippen molar-refractivity contribution in [1.82, 2.24) is 5.32 Å². The molecule has 0 aliphatic carbocycles. The number of hydrogen-bond donors (Lipinski definition) is 1. The molecule has 25 heavy (non-hydrogen) atoms. The van der Waals surface area contributed by atoms with Crippen molar-refractivity contribution in [2.24, 2.45) is 0 Å². The second-order valence-corrected chi connectivity index (χ2v) is 6.01. The molecule has 0 bridgehead atoms. The molecule has 0 fully saturated rings. The summed E-state index contributed by atoms with van der Waals surface area (Å²) in [4.78, 5) is 12.6. The van der Waals surface area contributed by atoms with Gasteiger partial charge in [0.25, 0.3) is 5.91 Å². The molecule has 2 rings (SSSR count). The van der Waals surface area contributed by atoms with Gasteiger partial charge in [0.2, 0.25) is 0 Å². The molecule has 0 aromatic heterocycles. The van der Waals surface area contributed by atoms with E-state index in [1.807, 2.05) is 71.0 Å². The van der Waals surface area contributed by atoms with Gasteiger partial charge in [-0.2, -0.15) is 0 Å². The van der Waals surface area contributed by atoms with E-state index in [4.69, 9.17) is 9.47 Å². The molecular weight excluding hydrogens is 314 g/mol. The largest absolute Gasteiger partial charge is 0.490 e. The molecule has 4 nitrogen and oxygen atoms in total. The molecule has 134 valence electrons. The van der Waals surface area contributed by atoms with Gasteiger partial charge in [-0.1, -0.05) is 18.2 Å². The molecule has 1 atom stereocenters. The first-order valence-electron chi connectivity index (χ1n) is 8.74. The number of hydrogen-bond acceptors (Lipinski definition) is 3. The molecule has 0 radical (unpaired) electrons. The second kappa shape index (κ2) is 8.56. The fourth-order valence-electron chi connectivity index (χ4n) is 2.69. The molecule has 1 unspecified atom stereocenters. The topological polar surface area (TPSA) is 47.6 Å². The molecule has 0 saturated heterocycles. The summed E-state index contributed by atoms with van der Waals surface area (Å²) < 4.78 is 11.3. The van der Waals surface area contributed by atoms with Crippen LogP contribution in [-0.4, -0.2) is 19.1 Å². The molecule has 2 aromatic carbocycles. The number of amides is 1. The highest BCUT2D eigenvalue weighted by Gasteiger charge is 2.16. The van der Waals surface area contributed by atoms with E-state index in [9.17, 15) is 4.79 Å². The Hall–Kier alpha value is -2.49. The number of ether oxygens (including phenoxy) is 2. The Bertz CT molecular complexity index is 740. The van der Waals surface area contributed by atoms with Crippen LogP contribution in [0.2, 0.25) is 0 Å². The van der Waals surface area contributed by atoms with Crippen molar-refractivity contribution in [2.75, 3.05) is 13.2 Å². The zero-order chi connectivity index (χ0) is 18.4. The van der Waals surface area contributed by atoms with Gasteiger partial charge in [-0.3, -0.25) is 4.79 Å². The zero-order valence-electron chi connectivity index (χ0n) is 15.7. The molecule has 0 aliphatic heterocycles. The number of nitrogens with one attached hydrogen (secondary N) is 1. The van der Waals surface area contributed by atoms with E-state index in [1.165, 1.54) is 0 Å². The lowest BCUT2D eigenvalue weighted by atomic mass is 10.0. The zero-order valence-corrected chi connectivity index (χ0v) is 15.7. The highest BCUT2D eigenvalue weighted by Crippen LogP contribution is 2.31. The van der Waals surface area contributed by atoms with Gasteiger partial charge >= 0.3 is 0 Å². The molecule has 1 N–H and O–H groups in total. The molecule has 0 saturated carbocycles. The summed E-state index contributed by atoms with van der Waals surface area (Å²) in [5.74, 6) is 1.36. The molecule has 0 heterocycles. The first-order valence-corrected chi connectivity index (χ1v) is 8.74. The fraction of sp³-hybridized carbons (Fsp3) is 0.381. The van der Waals surface area contributed by atoms with E-state index < -0.39 is 0 Å². The van der Waals surface area contributed by atoms with E-state index >= 15 is 0 Å². The highest BCUT2D eigenvalue weighted by molar-refractivity contribution is 5.96. The van der Waals surface area contributed by atoms with Gasteiger partial charge in [0.05, 0.1) is 19.3 Å². The third kappa shape index (κ3) is 4.53. The minimum atomic E-state index is -0.137.